The maximum absolute atomic E-state index is 12.5. The van der Waals surface area contributed by atoms with Gasteiger partial charge in [-0.1, -0.05) is 36.4 Å². The Morgan fingerprint density at radius 1 is 0.966 bits per heavy atom. The van der Waals surface area contributed by atoms with Crippen LogP contribution in [0, 0.1) is 6.92 Å². The summed E-state index contributed by atoms with van der Waals surface area (Å²) in [6.07, 6.45) is 1.99. The lowest BCUT2D eigenvalue weighted by Gasteiger charge is -2.09. The van der Waals surface area contributed by atoms with E-state index in [1.54, 1.807) is 6.20 Å². The number of hydrogen-bond donors (Lipinski definition) is 1. The topological polar surface area (TPSA) is 72.7 Å². The van der Waals surface area contributed by atoms with Gasteiger partial charge in [0.2, 0.25) is 5.91 Å². The molecule has 3 aromatic heterocycles. The normalized spacial score (nSPS) is 11.3. The van der Waals surface area contributed by atoms with Gasteiger partial charge in [-0.2, -0.15) is 0 Å². The summed E-state index contributed by atoms with van der Waals surface area (Å²) in [6, 6.07) is 19.7. The second kappa shape index (κ2) is 6.98. The minimum atomic E-state index is -0.0773. The molecule has 0 aliphatic carbocycles. The number of aromatic nitrogens is 4. The van der Waals surface area contributed by atoms with E-state index in [2.05, 4.69) is 20.9 Å². The fourth-order valence-corrected chi connectivity index (χ4v) is 3.63. The van der Waals surface area contributed by atoms with Crippen molar-refractivity contribution in [2.45, 2.75) is 19.9 Å². The molecular weight excluding hydrogens is 362 g/mol. The standard InChI is InChI=1S/C23H19N5O/c1-15-7-6-13-24-22(15)27-20(29)12-14-28-19-11-5-2-8-16(19)21-23(28)26-18-10-4-3-9-17(18)25-21/h2-11,13H,12,14H2,1H3,(H,24,27,29). The van der Waals surface area contributed by atoms with Gasteiger partial charge in [-0.15, -0.1) is 0 Å². The van der Waals surface area contributed by atoms with E-state index in [-0.39, 0.29) is 5.91 Å². The lowest BCUT2D eigenvalue weighted by Crippen LogP contribution is -2.16. The SMILES string of the molecule is Cc1cccnc1NC(=O)CCn1c2ccccc2c2nc3ccccc3nc21. The smallest absolute Gasteiger partial charge is 0.227 e. The van der Waals surface area contributed by atoms with Crippen molar-refractivity contribution in [3.05, 3.63) is 72.4 Å². The van der Waals surface area contributed by atoms with Crippen LogP contribution in [0.1, 0.15) is 12.0 Å². The number of rotatable bonds is 4. The fourth-order valence-electron chi connectivity index (χ4n) is 3.63. The van der Waals surface area contributed by atoms with Crippen molar-refractivity contribution in [1.29, 1.82) is 0 Å². The molecule has 0 spiro atoms. The average molecular weight is 381 g/mol. The minimum absolute atomic E-state index is 0.0773. The van der Waals surface area contributed by atoms with Crippen molar-refractivity contribution in [3.8, 4) is 0 Å². The molecule has 0 aliphatic heterocycles. The molecule has 0 unspecified atom stereocenters. The van der Waals surface area contributed by atoms with Crippen molar-refractivity contribution in [1.82, 2.24) is 19.5 Å². The lowest BCUT2D eigenvalue weighted by molar-refractivity contribution is -0.116. The molecule has 142 valence electrons. The Morgan fingerprint density at radius 2 is 1.72 bits per heavy atom. The molecule has 0 fully saturated rings. The number of hydrogen-bond acceptors (Lipinski definition) is 4. The molecule has 5 aromatic rings. The number of fused-ring (bicyclic) bond motifs is 4. The number of benzene rings is 2. The van der Waals surface area contributed by atoms with Gasteiger partial charge in [-0.05, 0) is 36.8 Å². The predicted molar refractivity (Wildman–Crippen MR) is 115 cm³/mol. The van der Waals surface area contributed by atoms with Gasteiger partial charge in [0.05, 0.1) is 16.6 Å². The number of amides is 1. The van der Waals surface area contributed by atoms with E-state index in [1.165, 1.54) is 0 Å². The van der Waals surface area contributed by atoms with E-state index in [9.17, 15) is 4.79 Å². The molecule has 3 heterocycles. The van der Waals surface area contributed by atoms with Gasteiger partial charge in [0, 0.05) is 24.5 Å². The predicted octanol–water partition coefficient (Wildman–Crippen LogP) is 4.47. The first-order chi connectivity index (χ1) is 14.2. The monoisotopic (exact) mass is 381 g/mol. The molecule has 0 saturated carbocycles. The molecule has 0 saturated heterocycles. The number of aryl methyl sites for hydroxylation is 2. The van der Waals surface area contributed by atoms with Crippen molar-refractivity contribution >= 4 is 44.8 Å². The molecule has 6 nitrogen and oxygen atoms in total. The quantitative estimate of drug-likeness (QED) is 0.498. The molecule has 6 heteroatoms. The Bertz CT molecular complexity index is 1370. The molecule has 0 aliphatic rings. The van der Waals surface area contributed by atoms with Crippen LogP contribution < -0.4 is 5.32 Å². The number of carbonyl (C=O) groups excluding carboxylic acids is 1. The molecular formula is C23H19N5O. The number of anilines is 1. The van der Waals surface area contributed by atoms with Crippen molar-refractivity contribution in [2.75, 3.05) is 5.32 Å². The summed E-state index contributed by atoms with van der Waals surface area (Å²) >= 11 is 0. The minimum Gasteiger partial charge on any atom is -0.323 e. The Kier molecular flexibility index (Phi) is 4.17. The van der Waals surface area contributed by atoms with Crippen LogP contribution in [0.25, 0.3) is 33.1 Å². The van der Waals surface area contributed by atoms with E-state index < -0.39 is 0 Å². The van der Waals surface area contributed by atoms with Crippen LogP contribution in [0.5, 0.6) is 0 Å². The zero-order valence-electron chi connectivity index (χ0n) is 16.0. The highest BCUT2D eigenvalue weighted by atomic mass is 16.1. The van der Waals surface area contributed by atoms with E-state index in [4.69, 9.17) is 9.97 Å². The van der Waals surface area contributed by atoms with E-state index in [0.29, 0.717) is 18.8 Å². The molecule has 1 N–H and O–H groups in total. The molecule has 0 radical (unpaired) electrons. The van der Waals surface area contributed by atoms with Gasteiger partial charge < -0.3 is 9.88 Å². The number of para-hydroxylation sites is 3. The summed E-state index contributed by atoms with van der Waals surface area (Å²) in [4.78, 5) is 26.5. The highest BCUT2D eigenvalue weighted by Crippen LogP contribution is 2.28. The summed E-state index contributed by atoms with van der Waals surface area (Å²) in [5, 5.41) is 3.94. The number of nitrogens with zero attached hydrogens (tertiary/aromatic N) is 4. The highest BCUT2D eigenvalue weighted by molar-refractivity contribution is 6.06. The summed E-state index contributed by atoms with van der Waals surface area (Å²) in [7, 11) is 0. The van der Waals surface area contributed by atoms with Crippen LogP contribution >= 0.6 is 0 Å². The number of nitrogens with one attached hydrogen (secondary N) is 1. The zero-order chi connectivity index (χ0) is 19.8. The van der Waals surface area contributed by atoms with Gasteiger partial charge in [-0.25, -0.2) is 15.0 Å². The molecule has 0 bridgehead atoms. The number of carbonyl (C=O) groups is 1. The molecule has 29 heavy (non-hydrogen) atoms. The number of pyridine rings is 1. The van der Waals surface area contributed by atoms with Crippen LogP contribution in [-0.2, 0) is 11.3 Å². The molecule has 2 aromatic carbocycles. The Morgan fingerprint density at radius 3 is 2.55 bits per heavy atom. The van der Waals surface area contributed by atoms with Crippen molar-refractivity contribution in [3.63, 3.8) is 0 Å². The van der Waals surface area contributed by atoms with Crippen LogP contribution in [0.2, 0.25) is 0 Å². The molecule has 1 amide bonds. The first kappa shape index (κ1) is 17.3. The maximum atomic E-state index is 12.5. The average Bonchev–Trinajstić information content (AvgIpc) is 3.05. The van der Waals surface area contributed by atoms with Crippen LogP contribution in [-0.4, -0.2) is 25.4 Å². The third kappa shape index (κ3) is 3.08. The summed E-state index contributed by atoms with van der Waals surface area (Å²) < 4.78 is 2.08. The first-order valence-corrected chi connectivity index (χ1v) is 9.56. The first-order valence-electron chi connectivity index (χ1n) is 9.56. The second-order valence-electron chi connectivity index (χ2n) is 7.02. The third-order valence-electron chi connectivity index (χ3n) is 5.09. The van der Waals surface area contributed by atoms with Gasteiger partial charge in [0.1, 0.15) is 11.3 Å². The largest absolute Gasteiger partial charge is 0.323 e. The van der Waals surface area contributed by atoms with Gasteiger partial charge in [0.15, 0.2) is 5.65 Å². The Labute approximate surface area is 167 Å². The second-order valence-corrected chi connectivity index (χ2v) is 7.02. The van der Waals surface area contributed by atoms with Crippen molar-refractivity contribution in [2.24, 2.45) is 0 Å². The van der Waals surface area contributed by atoms with Crippen LogP contribution in [0.15, 0.2) is 66.9 Å². The summed E-state index contributed by atoms with van der Waals surface area (Å²) in [5.41, 5.74) is 5.34. The Hall–Kier alpha value is -3.80. The summed E-state index contributed by atoms with van der Waals surface area (Å²) in [6.45, 7) is 2.44. The van der Waals surface area contributed by atoms with E-state index >= 15 is 0 Å². The van der Waals surface area contributed by atoms with E-state index in [1.807, 2.05) is 61.5 Å². The molecule has 5 rings (SSSR count). The lowest BCUT2D eigenvalue weighted by atomic mass is 10.2. The van der Waals surface area contributed by atoms with Crippen LogP contribution in [0.4, 0.5) is 5.82 Å². The van der Waals surface area contributed by atoms with Gasteiger partial charge in [-0.3, -0.25) is 4.79 Å². The Balaban J connectivity index is 1.52. The zero-order valence-corrected chi connectivity index (χ0v) is 16.0. The summed E-state index contributed by atoms with van der Waals surface area (Å²) in [5.74, 6) is 0.525. The van der Waals surface area contributed by atoms with E-state index in [0.717, 1.165) is 38.7 Å². The highest BCUT2D eigenvalue weighted by Gasteiger charge is 2.15. The third-order valence-corrected chi connectivity index (χ3v) is 5.09. The van der Waals surface area contributed by atoms with Crippen molar-refractivity contribution < 1.29 is 4.79 Å². The fraction of sp³-hybridized carbons (Fsp3) is 0.130. The van der Waals surface area contributed by atoms with Gasteiger partial charge >= 0.3 is 0 Å². The molecule has 0 atom stereocenters. The van der Waals surface area contributed by atoms with Crippen LogP contribution in [0.3, 0.4) is 0 Å². The van der Waals surface area contributed by atoms with Gasteiger partial charge in [0.25, 0.3) is 0 Å². The maximum Gasteiger partial charge on any atom is 0.227 e.